The number of thioether (sulfide) groups is 1. The Balaban J connectivity index is 3.22. The highest BCUT2D eigenvalue weighted by atomic mass is 32.2. The summed E-state index contributed by atoms with van der Waals surface area (Å²) in [6.45, 7) is 8.30. The third kappa shape index (κ3) is 10.0. The van der Waals surface area contributed by atoms with E-state index >= 15 is 0 Å². The first kappa shape index (κ1) is 11.0. The van der Waals surface area contributed by atoms with E-state index in [-0.39, 0.29) is 0 Å². The molecule has 0 atom stereocenters. The Bertz CT molecular complexity index is 124. The van der Waals surface area contributed by atoms with Gasteiger partial charge in [0.05, 0.1) is 0 Å². The van der Waals surface area contributed by atoms with Crippen molar-refractivity contribution in [1.82, 2.24) is 0 Å². The molecule has 0 heterocycles. The molecule has 0 unspecified atom stereocenters. The molecule has 66 valence electrons. The Morgan fingerprint density at radius 2 is 1.91 bits per heavy atom. The summed E-state index contributed by atoms with van der Waals surface area (Å²) in [7, 11) is 0. The van der Waals surface area contributed by atoms with E-state index in [2.05, 4.69) is 20.8 Å². The van der Waals surface area contributed by atoms with Crippen LogP contribution in [0.25, 0.3) is 0 Å². The van der Waals surface area contributed by atoms with Crippen LogP contribution in [0.3, 0.4) is 0 Å². The standard InChI is InChI=1S/C9H18OS/c1-8(10)5-6-11-7-9(2,3)4/h5-7H2,1-4H3. The molecule has 0 rings (SSSR count). The third-order valence-electron chi connectivity index (χ3n) is 1.13. The molecule has 0 aliphatic carbocycles. The van der Waals surface area contributed by atoms with Crippen LogP contribution in [0.4, 0.5) is 0 Å². The van der Waals surface area contributed by atoms with Gasteiger partial charge in [-0.1, -0.05) is 20.8 Å². The number of hydrogen-bond donors (Lipinski definition) is 0. The van der Waals surface area contributed by atoms with Crippen molar-refractivity contribution in [3.05, 3.63) is 0 Å². The molecule has 11 heavy (non-hydrogen) atoms. The van der Waals surface area contributed by atoms with Gasteiger partial charge in [0, 0.05) is 12.2 Å². The monoisotopic (exact) mass is 174 g/mol. The summed E-state index contributed by atoms with van der Waals surface area (Å²) in [5, 5.41) is 0. The molecule has 1 nitrogen and oxygen atoms in total. The number of carbonyl (C=O) groups excluding carboxylic acids is 1. The first-order chi connectivity index (χ1) is 4.92. The summed E-state index contributed by atoms with van der Waals surface area (Å²) >= 11 is 1.87. The van der Waals surface area contributed by atoms with Gasteiger partial charge < -0.3 is 0 Å². The van der Waals surface area contributed by atoms with Crippen molar-refractivity contribution in [2.45, 2.75) is 34.1 Å². The Morgan fingerprint density at radius 3 is 2.27 bits per heavy atom. The van der Waals surface area contributed by atoms with E-state index < -0.39 is 0 Å². The van der Waals surface area contributed by atoms with Crippen LogP contribution in [0, 0.1) is 5.41 Å². The average molecular weight is 174 g/mol. The Hall–Kier alpha value is 0.0200. The van der Waals surface area contributed by atoms with Crippen LogP contribution in [0.5, 0.6) is 0 Å². The lowest BCUT2D eigenvalue weighted by Gasteiger charge is -2.16. The smallest absolute Gasteiger partial charge is 0.130 e. The van der Waals surface area contributed by atoms with Gasteiger partial charge in [0.25, 0.3) is 0 Å². The summed E-state index contributed by atoms with van der Waals surface area (Å²) in [4.78, 5) is 10.6. The fraction of sp³-hybridized carbons (Fsp3) is 0.889. The molecule has 0 fully saturated rings. The van der Waals surface area contributed by atoms with Crippen LogP contribution in [-0.2, 0) is 4.79 Å². The normalized spacial score (nSPS) is 11.6. The van der Waals surface area contributed by atoms with Crippen molar-refractivity contribution in [2.75, 3.05) is 11.5 Å². The van der Waals surface area contributed by atoms with Crippen molar-refractivity contribution in [3.63, 3.8) is 0 Å². The van der Waals surface area contributed by atoms with Crippen LogP contribution in [0.15, 0.2) is 0 Å². The largest absolute Gasteiger partial charge is 0.300 e. The molecule has 0 aliphatic heterocycles. The first-order valence-electron chi connectivity index (χ1n) is 3.99. The minimum absolute atomic E-state index is 0.298. The van der Waals surface area contributed by atoms with Crippen molar-refractivity contribution >= 4 is 17.5 Å². The van der Waals surface area contributed by atoms with Crippen molar-refractivity contribution < 1.29 is 4.79 Å². The fourth-order valence-electron chi connectivity index (χ4n) is 0.594. The highest BCUT2D eigenvalue weighted by molar-refractivity contribution is 7.99. The summed E-state index contributed by atoms with van der Waals surface area (Å²) in [5.41, 5.74) is 0.390. The van der Waals surface area contributed by atoms with Gasteiger partial charge in [-0.05, 0) is 18.1 Å². The minimum Gasteiger partial charge on any atom is -0.300 e. The van der Waals surface area contributed by atoms with Gasteiger partial charge in [-0.25, -0.2) is 0 Å². The maximum absolute atomic E-state index is 10.6. The molecule has 0 aromatic heterocycles. The van der Waals surface area contributed by atoms with Crippen LogP contribution < -0.4 is 0 Å². The zero-order chi connectivity index (χ0) is 8.91. The summed E-state index contributed by atoms with van der Waals surface area (Å²) in [6.07, 6.45) is 0.723. The molecule has 0 N–H and O–H groups in total. The van der Waals surface area contributed by atoms with E-state index in [1.165, 1.54) is 0 Å². The van der Waals surface area contributed by atoms with Gasteiger partial charge in [0.2, 0.25) is 0 Å². The van der Waals surface area contributed by atoms with E-state index in [1.807, 2.05) is 11.8 Å². The van der Waals surface area contributed by atoms with Gasteiger partial charge in [-0.15, -0.1) is 0 Å². The number of carbonyl (C=O) groups is 1. The number of rotatable bonds is 4. The highest BCUT2D eigenvalue weighted by Crippen LogP contribution is 2.20. The van der Waals surface area contributed by atoms with Crippen molar-refractivity contribution in [2.24, 2.45) is 5.41 Å². The molecular weight excluding hydrogens is 156 g/mol. The van der Waals surface area contributed by atoms with E-state index in [4.69, 9.17) is 0 Å². The molecule has 0 spiro atoms. The number of ketones is 1. The predicted molar refractivity (Wildman–Crippen MR) is 52.1 cm³/mol. The van der Waals surface area contributed by atoms with E-state index in [9.17, 15) is 4.79 Å². The molecule has 0 aliphatic rings. The lowest BCUT2D eigenvalue weighted by Crippen LogP contribution is -2.09. The molecular formula is C9H18OS. The summed E-state index contributed by atoms with van der Waals surface area (Å²) in [5.74, 6) is 2.42. The average Bonchev–Trinajstić information content (AvgIpc) is 1.78. The highest BCUT2D eigenvalue weighted by Gasteiger charge is 2.09. The summed E-state index contributed by atoms with van der Waals surface area (Å²) < 4.78 is 0. The molecule has 0 saturated carbocycles. The maximum atomic E-state index is 10.6. The second-order valence-corrected chi connectivity index (χ2v) is 5.17. The van der Waals surface area contributed by atoms with Crippen LogP contribution in [0.2, 0.25) is 0 Å². The van der Waals surface area contributed by atoms with Crippen LogP contribution >= 0.6 is 11.8 Å². The topological polar surface area (TPSA) is 17.1 Å². The zero-order valence-electron chi connectivity index (χ0n) is 7.94. The molecule has 0 aromatic carbocycles. The van der Waals surface area contributed by atoms with Gasteiger partial charge in [0.1, 0.15) is 5.78 Å². The second kappa shape index (κ2) is 4.81. The SMILES string of the molecule is CC(=O)CCSCC(C)(C)C. The molecule has 0 bridgehead atoms. The lowest BCUT2D eigenvalue weighted by molar-refractivity contribution is -0.116. The van der Waals surface area contributed by atoms with Gasteiger partial charge in [0.15, 0.2) is 0 Å². The van der Waals surface area contributed by atoms with E-state index in [0.29, 0.717) is 11.2 Å². The summed E-state index contributed by atoms with van der Waals surface area (Å²) in [6, 6.07) is 0. The molecule has 2 heteroatoms. The Kier molecular flexibility index (Phi) is 4.82. The van der Waals surface area contributed by atoms with Crippen LogP contribution in [-0.4, -0.2) is 17.3 Å². The van der Waals surface area contributed by atoms with Crippen LogP contribution in [0.1, 0.15) is 34.1 Å². The Labute approximate surface area is 73.9 Å². The second-order valence-electron chi connectivity index (χ2n) is 4.07. The first-order valence-corrected chi connectivity index (χ1v) is 5.14. The third-order valence-corrected chi connectivity index (χ3v) is 2.70. The molecule has 0 radical (unpaired) electrons. The maximum Gasteiger partial charge on any atom is 0.130 e. The molecule has 0 amide bonds. The molecule has 0 aromatic rings. The quantitative estimate of drug-likeness (QED) is 0.610. The van der Waals surface area contributed by atoms with E-state index in [1.54, 1.807) is 6.92 Å². The zero-order valence-corrected chi connectivity index (χ0v) is 8.75. The Morgan fingerprint density at radius 1 is 1.36 bits per heavy atom. The molecule has 0 saturated heterocycles. The predicted octanol–water partition coefficient (Wildman–Crippen LogP) is 2.74. The van der Waals surface area contributed by atoms with Gasteiger partial charge in [-0.3, -0.25) is 4.79 Å². The van der Waals surface area contributed by atoms with Crippen molar-refractivity contribution in [3.8, 4) is 0 Å². The van der Waals surface area contributed by atoms with E-state index in [0.717, 1.165) is 17.9 Å². The fourth-order valence-corrected chi connectivity index (χ4v) is 1.78. The van der Waals surface area contributed by atoms with Gasteiger partial charge >= 0.3 is 0 Å². The minimum atomic E-state index is 0.298. The lowest BCUT2D eigenvalue weighted by atomic mass is 10.0. The van der Waals surface area contributed by atoms with Gasteiger partial charge in [-0.2, -0.15) is 11.8 Å². The number of hydrogen-bond acceptors (Lipinski definition) is 2. The van der Waals surface area contributed by atoms with Crippen molar-refractivity contribution in [1.29, 1.82) is 0 Å². The number of Topliss-reactive ketones (excluding diaryl/α,β-unsaturated/α-hetero) is 1.